The van der Waals surface area contributed by atoms with Crippen molar-refractivity contribution in [1.82, 2.24) is 20.3 Å². The third kappa shape index (κ3) is 3.36. The topological polar surface area (TPSA) is 69.0 Å². The van der Waals surface area contributed by atoms with Crippen LogP contribution < -0.4 is 5.32 Å². The maximum atomic E-state index is 12.0. The number of nitrogens with zero attached hydrogens (tertiary/aromatic N) is 3. The molecule has 1 aromatic rings. The van der Waals surface area contributed by atoms with Crippen molar-refractivity contribution in [2.45, 2.75) is 70.2 Å². The Bertz CT molecular complexity index is 460. The summed E-state index contributed by atoms with van der Waals surface area (Å²) in [5.41, 5.74) is 0.875. The van der Waals surface area contributed by atoms with Gasteiger partial charge in [-0.15, -0.1) is 5.10 Å². The van der Waals surface area contributed by atoms with Gasteiger partial charge < -0.3 is 10.1 Å². The second-order valence-corrected chi connectivity index (χ2v) is 5.74. The third-order valence-corrected chi connectivity index (χ3v) is 4.12. The van der Waals surface area contributed by atoms with E-state index in [9.17, 15) is 4.79 Å². The number of rotatable bonds is 0. The fourth-order valence-electron chi connectivity index (χ4n) is 3.01. The molecule has 0 radical (unpaired) electrons. The average Bonchev–Trinajstić information content (AvgIpc) is 2.90. The van der Waals surface area contributed by atoms with Gasteiger partial charge in [0.2, 0.25) is 5.91 Å². The van der Waals surface area contributed by atoms with E-state index in [1.807, 2.05) is 10.9 Å². The van der Waals surface area contributed by atoms with Gasteiger partial charge >= 0.3 is 0 Å². The molecular weight excluding hydrogens is 256 g/mol. The highest BCUT2D eigenvalue weighted by Gasteiger charge is 2.27. The van der Waals surface area contributed by atoms with E-state index in [-0.39, 0.29) is 18.1 Å². The van der Waals surface area contributed by atoms with Crippen molar-refractivity contribution in [3.05, 3.63) is 11.9 Å². The molecular formula is C14H22N4O2. The van der Waals surface area contributed by atoms with Crippen LogP contribution in [0.5, 0.6) is 0 Å². The molecule has 1 aliphatic heterocycles. The highest BCUT2D eigenvalue weighted by Crippen LogP contribution is 2.22. The van der Waals surface area contributed by atoms with Gasteiger partial charge in [0, 0.05) is 13.0 Å². The number of ether oxygens (including phenoxy) is 1. The smallest absolute Gasteiger partial charge is 0.220 e. The summed E-state index contributed by atoms with van der Waals surface area (Å²) >= 11 is 0. The predicted octanol–water partition coefficient (Wildman–Crippen LogP) is 1.41. The molecule has 6 nitrogen and oxygen atoms in total. The van der Waals surface area contributed by atoms with Crippen molar-refractivity contribution in [1.29, 1.82) is 0 Å². The van der Waals surface area contributed by atoms with Gasteiger partial charge in [-0.3, -0.25) is 9.48 Å². The summed E-state index contributed by atoms with van der Waals surface area (Å²) in [6.45, 7) is 1.30. The van der Waals surface area contributed by atoms with Crippen LogP contribution in [-0.4, -0.2) is 33.0 Å². The first kappa shape index (κ1) is 13.5. The number of hydrogen-bond donors (Lipinski definition) is 1. The maximum Gasteiger partial charge on any atom is 0.220 e. The standard InChI is InChI=1S/C14H22N4O2/c19-14-7-3-4-8-18-9-11(16-17-18)10-20-13-6-2-1-5-12(13)15-14/h9,12-13H,1-8,10H2,(H,15,19)/t12-,13-/m0/s1. The Balaban J connectivity index is 1.71. The zero-order valence-electron chi connectivity index (χ0n) is 11.8. The van der Waals surface area contributed by atoms with E-state index >= 15 is 0 Å². The highest BCUT2D eigenvalue weighted by atomic mass is 16.5. The van der Waals surface area contributed by atoms with E-state index in [4.69, 9.17) is 4.74 Å². The zero-order chi connectivity index (χ0) is 13.8. The second kappa shape index (κ2) is 6.35. The van der Waals surface area contributed by atoms with Gasteiger partial charge in [-0.05, 0) is 25.7 Å². The fraction of sp³-hybridized carbons (Fsp3) is 0.786. The summed E-state index contributed by atoms with van der Waals surface area (Å²) in [4.78, 5) is 12.0. The molecule has 3 rings (SSSR count). The zero-order valence-corrected chi connectivity index (χ0v) is 11.8. The number of hydrogen-bond acceptors (Lipinski definition) is 4. The molecule has 0 spiro atoms. The molecule has 0 aromatic carbocycles. The van der Waals surface area contributed by atoms with Gasteiger partial charge in [-0.2, -0.15) is 0 Å². The Hall–Kier alpha value is -1.43. The van der Waals surface area contributed by atoms with Gasteiger partial charge in [-0.25, -0.2) is 0 Å². The summed E-state index contributed by atoms with van der Waals surface area (Å²) in [6, 6.07) is 0.159. The minimum atomic E-state index is 0.110. The minimum absolute atomic E-state index is 0.110. The maximum absolute atomic E-state index is 12.0. The van der Waals surface area contributed by atoms with Crippen LogP contribution in [0.15, 0.2) is 6.20 Å². The largest absolute Gasteiger partial charge is 0.370 e. The van der Waals surface area contributed by atoms with Crippen LogP contribution in [0.3, 0.4) is 0 Å². The Labute approximate surface area is 118 Å². The van der Waals surface area contributed by atoms with E-state index in [0.29, 0.717) is 13.0 Å². The predicted molar refractivity (Wildman–Crippen MR) is 72.8 cm³/mol. The first-order valence-electron chi connectivity index (χ1n) is 7.61. The molecule has 2 heterocycles. The van der Waals surface area contributed by atoms with E-state index in [1.165, 1.54) is 12.8 Å². The van der Waals surface area contributed by atoms with Crippen molar-refractivity contribution in [3.8, 4) is 0 Å². The lowest BCUT2D eigenvalue weighted by molar-refractivity contribution is -0.124. The Morgan fingerprint density at radius 2 is 2.15 bits per heavy atom. The molecule has 110 valence electrons. The van der Waals surface area contributed by atoms with E-state index in [2.05, 4.69) is 15.6 Å². The molecule has 1 N–H and O–H groups in total. The lowest BCUT2D eigenvalue weighted by Crippen LogP contribution is -2.46. The molecule has 1 aliphatic carbocycles. The van der Waals surface area contributed by atoms with Crippen LogP contribution in [0.2, 0.25) is 0 Å². The number of aryl methyl sites for hydroxylation is 1. The number of fused-ring (bicyclic) bond motifs is 3. The third-order valence-electron chi connectivity index (χ3n) is 4.12. The first-order chi connectivity index (χ1) is 9.81. The summed E-state index contributed by atoms with van der Waals surface area (Å²) in [5.74, 6) is 0.156. The summed E-state index contributed by atoms with van der Waals surface area (Å²) in [6.07, 6.45) is 8.85. The van der Waals surface area contributed by atoms with Gasteiger partial charge in [0.25, 0.3) is 0 Å². The van der Waals surface area contributed by atoms with E-state index in [0.717, 1.165) is 37.9 Å². The molecule has 0 saturated heterocycles. The number of aromatic nitrogens is 3. The van der Waals surface area contributed by atoms with Crippen molar-refractivity contribution in [3.63, 3.8) is 0 Å². The molecule has 0 unspecified atom stereocenters. The molecule has 6 heteroatoms. The van der Waals surface area contributed by atoms with Crippen molar-refractivity contribution >= 4 is 5.91 Å². The van der Waals surface area contributed by atoms with E-state index < -0.39 is 0 Å². The van der Waals surface area contributed by atoms with Gasteiger partial charge in [-0.1, -0.05) is 18.1 Å². The fourth-order valence-corrected chi connectivity index (χ4v) is 3.01. The second-order valence-electron chi connectivity index (χ2n) is 5.74. The Morgan fingerprint density at radius 3 is 3.10 bits per heavy atom. The van der Waals surface area contributed by atoms with Crippen LogP contribution in [0.4, 0.5) is 0 Å². The molecule has 1 saturated carbocycles. The molecule has 2 atom stereocenters. The molecule has 2 bridgehead atoms. The number of carbonyl (C=O) groups is 1. The van der Waals surface area contributed by atoms with Gasteiger partial charge in [0.05, 0.1) is 24.9 Å². The van der Waals surface area contributed by atoms with Crippen molar-refractivity contribution in [2.24, 2.45) is 0 Å². The quantitative estimate of drug-likeness (QED) is 0.779. The Morgan fingerprint density at radius 1 is 1.25 bits per heavy atom. The van der Waals surface area contributed by atoms with Crippen LogP contribution in [0, 0.1) is 0 Å². The molecule has 1 amide bonds. The van der Waals surface area contributed by atoms with Crippen LogP contribution in [0.1, 0.15) is 50.6 Å². The van der Waals surface area contributed by atoms with E-state index in [1.54, 1.807) is 0 Å². The van der Waals surface area contributed by atoms with Crippen molar-refractivity contribution in [2.75, 3.05) is 0 Å². The summed E-state index contributed by atoms with van der Waals surface area (Å²) in [5, 5.41) is 11.4. The lowest BCUT2D eigenvalue weighted by Gasteiger charge is -2.32. The number of carbonyl (C=O) groups excluding carboxylic acids is 1. The summed E-state index contributed by atoms with van der Waals surface area (Å²) in [7, 11) is 0. The van der Waals surface area contributed by atoms with Gasteiger partial charge in [0.1, 0.15) is 5.69 Å². The van der Waals surface area contributed by atoms with Crippen LogP contribution in [-0.2, 0) is 22.7 Å². The van der Waals surface area contributed by atoms with Crippen LogP contribution in [0.25, 0.3) is 0 Å². The average molecular weight is 278 g/mol. The SMILES string of the molecule is O=C1CCCCn2cc(nn2)CO[C@H]2CCCC[C@@H]2N1. The highest BCUT2D eigenvalue weighted by molar-refractivity contribution is 5.76. The van der Waals surface area contributed by atoms with Crippen molar-refractivity contribution < 1.29 is 9.53 Å². The molecule has 1 aromatic heterocycles. The normalized spacial score (nSPS) is 28.5. The monoisotopic (exact) mass is 278 g/mol. The van der Waals surface area contributed by atoms with Crippen LogP contribution >= 0.6 is 0 Å². The molecule has 2 aliphatic rings. The Kier molecular flexibility index (Phi) is 4.30. The number of amides is 1. The number of nitrogens with one attached hydrogen (secondary N) is 1. The first-order valence-corrected chi connectivity index (χ1v) is 7.61. The molecule has 20 heavy (non-hydrogen) atoms. The molecule has 1 fully saturated rings. The lowest BCUT2D eigenvalue weighted by atomic mass is 9.92. The minimum Gasteiger partial charge on any atom is -0.370 e. The summed E-state index contributed by atoms with van der Waals surface area (Å²) < 4.78 is 7.81. The van der Waals surface area contributed by atoms with Gasteiger partial charge in [0.15, 0.2) is 0 Å².